The van der Waals surface area contributed by atoms with E-state index in [-0.39, 0.29) is 6.04 Å². The predicted octanol–water partition coefficient (Wildman–Crippen LogP) is 2.15. The molecule has 3 N–H and O–H groups in total. The Morgan fingerprint density at radius 3 is 3.07 bits per heavy atom. The Balaban J connectivity index is 2.62. The number of furan rings is 1. The zero-order valence-corrected chi connectivity index (χ0v) is 9.12. The molecule has 3 heteroatoms. The second-order valence-electron chi connectivity index (χ2n) is 3.47. The van der Waals surface area contributed by atoms with Crippen LogP contribution in [0.25, 0.3) is 0 Å². The molecule has 3 nitrogen and oxygen atoms in total. The first kappa shape index (κ1) is 11.8. The van der Waals surface area contributed by atoms with Crippen LogP contribution in [0.5, 0.6) is 0 Å². The number of hydrazine groups is 1. The number of nitrogens with one attached hydrogen (secondary N) is 1. The topological polar surface area (TPSA) is 51.2 Å². The average molecular weight is 206 g/mol. The number of hydrogen-bond acceptors (Lipinski definition) is 3. The standard InChI is InChI=1S/C12H18N2O/c1-3-5-6-7-11(14-13)10-8-9-15-12(10)4-2/h1,8-9,11,14H,4-7,13H2,2H3. The van der Waals surface area contributed by atoms with E-state index in [9.17, 15) is 0 Å². The summed E-state index contributed by atoms with van der Waals surface area (Å²) in [6.45, 7) is 2.07. The van der Waals surface area contributed by atoms with Crippen molar-refractivity contribution >= 4 is 0 Å². The van der Waals surface area contributed by atoms with E-state index in [4.69, 9.17) is 16.7 Å². The van der Waals surface area contributed by atoms with E-state index in [1.165, 1.54) is 0 Å². The van der Waals surface area contributed by atoms with Gasteiger partial charge in [0.15, 0.2) is 0 Å². The molecule has 82 valence electrons. The van der Waals surface area contributed by atoms with Crippen LogP contribution in [0, 0.1) is 12.3 Å². The Morgan fingerprint density at radius 1 is 1.67 bits per heavy atom. The van der Waals surface area contributed by atoms with Gasteiger partial charge in [-0.1, -0.05) is 6.92 Å². The lowest BCUT2D eigenvalue weighted by atomic mass is 10.0. The summed E-state index contributed by atoms with van der Waals surface area (Å²) in [6.07, 6.45) is 10.5. The minimum Gasteiger partial charge on any atom is -0.469 e. The molecule has 1 unspecified atom stereocenters. The third kappa shape index (κ3) is 3.12. The molecule has 1 heterocycles. The largest absolute Gasteiger partial charge is 0.469 e. The Kier molecular flexibility index (Phi) is 4.96. The highest BCUT2D eigenvalue weighted by atomic mass is 16.3. The maximum Gasteiger partial charge on any atom is 0.108 e. The molecule has 0 aliphatic heterocycles. The molecule has 0 amide bonds. The van der Waals surface area contributed by atoms with Crippen molar-refractivity contribution in [2.45, 2.75) is 38.6 Å². The molecule has 0 aliphatic rings. The van der Waals surface area contributed by atoms with Crippen LogP contribution in [0.4, 0.5) is 0 Å². The predicted molar refractivity (Wildman–Crippen MR) is 60.8 cm³/mol. The van der Waals surface area contributed by atoms with E-state index < -0.39 is 0 Å². The molecular formula is C12H18N2O. The third-order valence-corrected chi connectivity index (χ3v) is 2.49. The van der Waals surface area contributed by atoms with Gasteiger partial charge in [0.05, 0.1) is 6.26 Å². The smallest absolute Gasteiger partial charge is 0.108 e. The Labute approximate surface area is 91.0 Å². The molecule has 1 aromatic heterocycles. The van der Waals surface area contributed by atoms with E-state index in [0.717, 1.165) is 37.0 Å². The van der Waals surface area contributed by atoms with Crippen molar-refractivity contribution in [2.24, 2.45) is 5.84 Å². The first-order chi connectivity index (χ1) is 7.33. The third-order valence-electron chi connectivity index (χ3n) is 2.49. The van der Waals surface area contributed by atoms with E-state index in [2.05, 4.69) is 18.3 Å². The molecule has 0 spiro atoms. The maximum absolute atomic E-state index is 5.53. The van der Waals surface area contributed by atoms with E-state index in [1.807, 2.05) is 6.07 Å². The lowest BCUT2D eigenvalue weighted by molar-refractivity contribution is 0.468. The number of nitrogens with two attached hydrogens (primary N) is 1. The van der Waals surface area contributed by atoms with E-state index in [0.29, 0.717) is 0 Å². The summed E-state index contributed by atoms with van der Waals surface area (Å²) in [4.78, 5) is 0. The molecule has 0 aliphatic carbocycles. The van der Waals surface area contributed by atoms with Gasteiger partial charge in [0.1, 0.15) is 5.76 Å². The van der Waals surface area contributed by atoms with Crippen molar-refractivity contribution in [3.8, 4) is 12.3 Å². The number of terminal acetylenes is 1. The SMILES string of the molecule is C#CCCCC(NN)c1ccoc1CC. The fourth-order valence-corrected chi connectivity index (χ4v) is 1.69. The summed E-state index contributed by atoms with van der Waals surface area (Å²) < 4.78 is 5.37. The fourth-order valence-electron chi connectivity index (χ4n) is 1.69. The van der Waals surface area contributed by atoms with Crippen molar-refractivity contribution in [1.82, 2.24) is 5.43 Å². The average Bonchev–Trinajstić information content (AvgIpc) is 2.72. The quantitative estimate of drug-likeness (QED) is 0.324. The van der Waals surface area contributed by atoms with Crippen LogP contribution in [0.2, 0.25) is 0 Å². The minimum absolute atomic E-state index is 0.145. The molecule has 0 saturated heterocycles. The van der Waals surface area contributed by atoms with Gasteiger partial charge in [-0.05, 0) is 18.9 Å². The number of rotatable bonds is 6. The van der Waals surface area contributed by atoms with Crippen LogP contribution in [0.15, 0.2) is 16.7 Å². The molecule has 0 radical (unpaired) electrons. The summed E-state index contributed by atoms with van der Waals surface area (Å²) in [6, 6.07) is 2.12. The summed E-state index contributed by atoms with van der Waals surface area (Å²) >= 11 is 0. The molecule has 1 atom stereocenters. The van der Waals surface area contributed by atoms with Gasteiger partial charge in [-0.25, -0.2) is 0 Å². The van der Waals surface area contributed by atoms with Crippen LogP contribution in [0.3, 0.4) is 0 Å². The first-order valence-corrected chi connectivity index (χ1v) is 5.29. The first-order valence-electron chi connectivity index (χ1n) is 5.29. The fraction of sp³-hybridized carbons (Fsp3) is 0.500. The molecule has 1 aromatic rings. The highest BCUT2D eigenvalue weighted by molar-refractivity contribution is 5.21. The van der Waals surface area contributed by atoms with Gasteiger partial charge in [0, 0.05) is 24.4 Å². The van der Waals surface area contributed by atoms with E-state index in [1.54, 1.807) is 6.26 Å². The number of aryl methyl sites for hydroxylation is 1. The van der Waals surface area contributed by atoms with Crippen molar-refractivity contribution in [3.63, 3.8) is 0 Å². The van der Waals surface area contributed by atoms with Crippen molar-refractivity contribution in [2.75, 3.05) is 0 Å². The van der Waals surface area contributed by atoms with Gasteiger partial charge in [0.25, 0.3) is 0 Å². The van der Waals surface area contributed by atoms with Crippen LogP contribution < -0.4 is 11.3 Å². The summed E-state index contributed by atoms with van der Waals surface area (Å²) in [5, 5.41) is 0. The van der Waals surface area contributed by atoms with Gasteiger partial charge in [0.2, 0.25) is 0 Å². The molecular weight excluding hydrogens is 188 g/mol. The van der Waals surface area contributed by atoms with Crippen LogP contribution >= 0.6 is 0 Å². The number of unbranched alkanes of at least 4 members (excludes halogenated alkanes) is 1. The van der Waals surface area contributed by atoms with E-state index >= 15 is 0 Å². The van der Waals surface area contributed by atoms with Crippen molar-refractivity contribution in [3.05, 3.63) is 23.7 Å². The maximum atomic E-state index is 5.53. The molecule has 0 bridgehead atoms. The molecule has 0 fully saturated rings. The normalized spacial score (nSPS) is 12.3. The number of hydrogen-bond donors (Lipinski definition) is 2. The van der Waals surface area contributed by atoms with Gasteiger partial charge >= 0.3 is 0 Å². The van der Waals surface area contributed by atoms with Crippen LogP contribution in [0.1, 0.15) is 43.6 Å². The van der Waals surface area contributed by atoms with Crippen LogP contribution in [-0.2, 0) is 6.42 Å². The minimum atomic E-state index is 0.145. The molecule has 0 aromatic carbocycles. The summed E-state index contributed by atoms with van der Waals surface area (Å²) in [7, 11) is 0. The van der Waals surface area contributed by atoms with Gasteiger partial charge in [-0.15, -0.1) is 12.3 Å². The molecule has 0 saturated carbocycles. The molecule has 15 heavy (non-hydrogen) atoms. The Hall–Kier alpha value is -1.24. The van der Waals surface area contributed by atoms with Gasteiger partial charge in [-0.3, -0.25) is 11.3 Å². The van der Waals surface area contributed by atoms with Gasteiger partial charge < -0.3 is 4.42 Å². The Morgan fingerprint density at radius 2 is 2.47 bits per heavy atom. The lowest BCUT2D eigenvalue weighted by Gasteiger charge is -2.14. The van der Waals surface area contributed by atoms with Crippen molar-refractivity contribution in [1.29, 1.82) is 0 Å². The highest BCUT2D eigenvalue weighted by Gasteiger charge is 2.14. The zero-order chi connectivity index (χ0) is 11.1. The zero-order valence-electron chi connectivity index (χ0n) is 9.12. The second kappa shape index (κ2) is 6.28. The Bertz CT molecular complexity index is 325. The second-order valence-corrected chi connectivity index (χ2v) is 3.47. The van der Waals surface area contributed by atoms with Gasteiger partial charge in [-0.2, -0.15) is 0 Å². The molecule has 1 rings (SSSR count). The monoisotopic (exact) mass is 206 g/mol. The summed E-state index contributed by atoms with van der Waals surface area (Å²) in [5.41, 5.74) is 3.96. The highest BCUT2D eigenvalue weighted by Crippen LogP contribution is 2.23. The van der Waals surface area contributed by atoms with Crippen molar-refractivity contribution < 1.29 is 4.42 Å². The summed E-state index contributed by atoms with van der Waals surface area (Å²) in [5.74, 6) is 9.15. The lowest BCUT2D eigenvalue weighted by Crippen LogP contribution is -2.28. The van der Waals surface area contributed by atoms with Crippen LogP contribution in [-0.4, -0.2) is 0 Å².